The molecule has 1 heterocycles. The normalized spacial score (nSPS) is 11.3. The number of methoxy groups -OCH3 is 1. The summed E-state index contributed by atoms with van der Waals surface area (Å²) in [6.45, 7) is 3.41. The van der Waals surface area contributed by atoms with Crippen molar-refractivity contribution in [2.24, 2.45) is 0 Å². The van der Waals surface area contributed by atoms with Crippen LogP contribution in [-0.4, -0.2) is 33.8 Å². The summed E-state index contributed by atoms with van der Waals surface area (Å²) in [6.07, 6.45) is 0.630. The van der Waals surface area contributed by atoms with Crippen LogP contribution in [-0.2, 0) is 10.0 Å². The van der Waals surface area contributed by atoms with Crippen LogP contribution in [0, 0.1) is 13.8 Å². The number of aryl methyl sites for hydroxylation is 2. The number of aromatic nitrogens is 1. The number of rotatable bonds is 5. The number of hydrogen-bond acceptors (Lipinski definition) is 6. The van der Waals surface area contributed by atoms with Gasteiger partial charge < -0.3 is 4.74 Å². The molecule has 0 spiro atoms. The Kier molecular flexibility index (Phi) is 4.52. The lowest BCUT2D eigenvalue weighted by Crippen LogP contribution is -2.27. The highest BCUT2D eigenvalue weighted by Crippen LogP contribution is 2.35. The van der Waals surface area contributed by atoms with E-state index in [0.29, 0.717) is 28.2 Å². The van der Waals surface area contributed by atoms with Crippen LogP contribution in [0.1, 0.15) is 21.1 Å². The first-order valence-electron chi connectivity index (χ1n) is 6.38. The number of thiazole rings is 1. The van der Waals surface area contributed by atoms with E-state index in [2.05, 4.69) is 4.98 Å². The minimum atomic E-state index is -3.77. The first kappa shape index (κ1) is 16.4. The van der Waals surface area contributed by atoms with Gasteiger partial charge in [-0.3, -0.25) is 9.10 Å². The van der Waals surface area contributed by atoms with Crippen molar-refractivity contribution in [3.05, 3.63) is 34.5 Å². The van der Waals surface area contributed by atoms with Crippen molar-refractivity contribution in [3.63, 3.8) is 0 Å². The fourth-order valence-corrected chi connectivity index (χ4v) is 4.94. The lowest BCUT2D eigenvalue weighted by atomic mass is 10.2. The number of para-hydroxylation sites is 1. The summed E-state index contributed by atoms with van der Waals surface area (Å²) in [7, 11) is -0.942. The SMILES string of the molecule is COc1c(C=O)cccc1N(C)S(=O)(=O)c1sc(C)nc1C. The van der Waals surface area contributed by atoms with Crippen molar-refractivity contribution in [1.82, 2.24) is 4.98 Å². The molecule has 0 aliphatic carbocycles. The number of hydrogen-bond donors (Lipinski definition) is 0. The molecule has 0 aliphatic rings. The Hall–Kier alpha value is -1.93. The van der Waals surface area contributed by atoms with Gasteiger partial charge in [0.25, 0.3) is 10.0 Å². The van der Waals surface area contributed by atoms with Gasteiger partial charge in [0.2, 0.25) is 0 Å². The molecule has 2 aromatic rings. The van der Waals surface area contributed by atoms with Crippen molar-refractivity contribution in [2.75, 3.05) is 18.5 Å². The number of aldehydes is 1. The molecular formula is C14H16N2O4S2. The summed E-state index contributed by atoms with van der Waals surface area (Å²) in [4.78, 5) is 15.2. The summed E-state index contributed by atoms with van der Waals surface area (Å²) in [6, 6.07) is 4.77. The molecule has 1 aromatic heterocycles. The van der Waals surface area contributed by atoms with Gasteiger partial charge >= 0.3 is 0 Å². The van der Waals surface area contributed by atoms with Gasteiger partial charge in [0, 0.05) is 7.05 Å². The molecule has 22 heavy (non-hydrogen) atoms. The van der Waals surface area contributed by atoms with E-state index in [1.807, 2.05) is 0 Å². The van der Waals surface area contributed by atoms with Gasteiger partial charge in [-0.2, -0.15) is 0 Å². The van der Waals surface area contributed by atoms with Crippen LogP contribution in [0.4, 0.5) is 5.69 Å². The van der Waals surface area contributed by atoms with Crippen LogP contribution in [0.25, 0.3) is 0 Å². The minimum Gasteiger partial charge on any atom is -0.494 e. The van der Waals surface area contributed by atoms with Crippen molar-refractivity contribution < 1.29 is 17.9 Å². The summed E-state index contributed by atoms with van der Waals surface area (Å²) < 4.78 is 32.1. The second-order valence-corrected chi connectivity index (χ2v) is 7.96. The van der Waals surface area contributed by atoms with Crippen molar-refractivity contribution in [2.45, 2.75) is 18.1 Å². The van der Waals surface area contributed by atoms with Gasteiger partial charge in [0.15, 0.2) is 16.2 Å². The molecule has 118 valence electrons. The van der Waals surface area contributed by atoms with Crippen molar-refractivity contribution in [1.29, 1.82) is 0 Å². The van der Waals surface area contributed by atoms with Gasteiger partial charge in [-0.1, -0.05) is 6.07 Å². The van der Waals surface area contributed by atoms with E-state index in [9.17, 15) is 13.2 Å². The minimum absolute atomic E-state index is 0.186. The number of nitrogens with zero attached hydrogens (tertiary/aromatic N) is 2. The molecule has 0 radical (unpaired) electrons. The molecule has 6 nitrogen and oxygen atoms in total. The smallest absolute Gasteiger partial charge is 0.275 e. The summed E-state index contributed by atoms with van der Waals surface area (Å²) >= 11 is 1.12. The maximum absolute atomic E-state index is 12.8. The first-order chi connectivity index (χ1) is 10.3. The standard InChI is InChI=1S/C14H16N2O4S2/c1-9-14(21-10(2)15-9)22(18,19)16(3)12-7-5-6-11(8-17)13(12)20-4/h5-8H,1-4H3. The van der Waals surface area contributed by atoms with E-state index >= 15 is 0 Å². The molecule has 8 heteroatoms. The quantitative estimate of drug-likeness (QED) is 0.781. The Morgan fingerprint density at radius 2 is 2.00 bits per heavy atom. The molecule has 0 saturated carbocycles. The average molecular weight is 340 g/mol. The lowest BCUT2D eigenvalue weighted by molar-refractivity contribution is 0.112. The molecule has 0 unspecified atom stereocenters. The van der Waals surface area contributed by atoms with Crippen LogP contribution < -0.4 is 9.04 Å². The number of benzene rings is 1. The first-order valence-corrected chi connectivity index (χ1v) is 8.63. The van der Waals surface area contributed by atoms with Gasteiger partial charge in [0.1, 0.15) is 0 Å². The Bertz CT molecular complexity index is 812. The second-order valence-electron chi connectivity index (χ2n) is 4.60. The Morgan fingerprint density at radius 1 is 1.32 bits per heavy atom. The molecule has 0 amide bonds. The van der Waals surface area contributed by atoms with Crippen LogP contribution in [0.5, 0.6) is 5.75 Å². The third-order valence-electron chi connectivity index (χ3n) is 3.15. The van der Waals surface area contributed by atoms with E-state index in [0.717, 1.165) is 15.6 Å². The number of anilines is 1. The van der Waals surface area contributed by atoms with Crippen molar-refractivity contribution in [3.8, 4) is 5.75 Å². The van der Waals surface area contributed by atoms with Crippen LogP contribution in [0.3, 0.4) is 0 Å². The number of carbonyl (C=O) groups excluding carboxylic acids is 1. The van der Waals surface area contributed by atoms with Gasteiger partial charge in [-0.05, 0) is 26.0 Å². The van der Waals surface area contributed by atoms with E-state index in [-0.39, 0.29) is 9.96 Å². The number of sulfonamides is 1. The zero-order valence-corrected chi connectivity index (χ0v) is 14.3. The molecule has 0 fully saturated rings. The van der Waals surface area contributed by atoms with E-state index in [4.69, 9.17) is 4.74 Å². The largest absolute Gasteiger partial charge is 0.494 e. The molecule has 0 N–H and O–H groups in total. The predicted octanol–water partition coefficient (Wildman–Crippen LogP) is 2.41. The van der Waals surface area contributed by atoms with Crippen LogP contribution in [0.2, 0.25) is 0 Å². The Morgan fingerprint density at radius 3 is 2.50 bits per heavy atom. The molecule has 1 aromatic carbocycles. The van der Waals surface area contributed by atoms with Crippen molar-refractivity contribution >= 4 is 33.3 Å². The summed E-state index contributed by atoms with van der Waals surface area (Å²) in [5.74, 6) is 0.225. The average Bonchev–Trinajstić information content (AvgIpc) is 2.84. The third-order valence-corrected chi connectivity index (χ3v) is 6.58. The van der Waals surface area contributed by atoms with E-state index in [1.165, 1.54) is 14.2 Å². The molecule has 0 aliphatic heterocycles. The summed E-state index contributed by atoms with van der Waals surface area (Å²) in [5, 5.41) is 0.679. The topological polar surface area (TPSA) is 76.6 Å². The van der Waals surface area contributed by atoms with E-state index < -0.39 is 10.0 Å². The molecular weight excluding hydrogens is 324 g/mol. The zero-order chi connectivity index (χ0) is 16.5. The maximum Gasteiger partial charge on any atom is 0.275 e. The van der Waals surface area contributed by atoms with Gasteiger partial charge in [-0.15, -0.1) is 11.3 Å². The Balaban J connectivity index is 2.59. The lowest BCUT2D eigenvalue weighted by Gasteiger charge is -2.21. The maximum atomic E-state index is 12.8. The number of carbonyl (C=O) groups is 1. The second kappa shape index (κ2) is 6.05. The van der Waals surface area contributed by atoms with Crippen LogP contribution >= 0.6 is 11.3 Å². The number of ether oxygens (including phenoxy) is 1. The molecule has 2 rings (SSSR count). The highest BCUT2D eigenvalue weighted by atomic mass is 32.2. The fourth-order valence-electron chi connectivity index (χ4n) is 2.11. The molecule has 0 saturated heterocycles. The predicted molar refractivity (Wildman–Crippen MR) is 85.6 cm³/mol. The fraction of sp³-hybridized carbons (Fsp3) is 0.286. The third kappa shape index (κ3) is 2.71. The zero-order valence-electron chi connectivity index (χ0n) is 12.7. The molecule has 0 bridgehead atoms. The van der Waals surface area contributed by atoms with Crippen LogP contribution in [0.15, 0.2) is 22.4 Å². The summed E-state index contributed by atoms with van der Waals surface area (Å²) in [5.41, 5.74) is 1.05. The Labute approximate surface area is 133 Å². The monoisotopic (exact) mass is 340 g/mol. The van der Waals surface area contributed by atoms with Gasteiger partial charge in [0.05, 0.1) is 29.1 Å². The highest BCUT2D eigenvalue weighted by Gasteiger charge is 2.28. The van der Waals surface area contributed by atoms with Gasteiger partial charge in [-0.25, -0.2) is 13.4 Å². The van der Waals surface area contributed by atoms with E-state index in [1.54, 1.807) is 32.0 Å². The highest BCUT2D eigenvalue weighted by molar-refractivity contribution is 7.94. The molecule has 0 atom stereocenters.